The number of nitrogen functional groups attached to an aromatic ring is 3. The molecule has 8 N–H and O–H groups in total. The van der Waals surface area contributed by atoms with E-state index in [0.717, 1.165) is 0 Å². The molecule has 0 atom stereocenters. The standard InChI is InChI=1S/C10H7ClN4O2S.C10H9ClN4OS/c11-5-1-3-6(4-2-5)15-8(12)7(14-17)9(16)13-10(15)18;11-5-1-3-6(4-2-5)15-8(13)7(12)9(16)14-10(15)17/h1-4H,12H2,(H,13,16,18);1-4H,12-13H2,(H,14,16,17). The minimum Gasteiger partial charge on any atom is -0.391 e. The average Bonchev–Trinajstić information content (AvgIpc) is 2.80. The number of nitrogens with one attached hydrogen (secondary N) is 2. The molecule has 15 heteroatoms. The van der Waals surface area contributed by atoms with Gasteiger partial charge >= 0.3 is 0 Å². The van der Waals surface area contributed by atoms with Crippen LogP contribution in [0.3, 0.4) is 0 Å². The summed E-state index contributed by atoms with van der Waals surface area (Å²) < 4.78 is 3.07. The molecule has 180 valence electrons. The summed E-state index contributed by atoms with van der Waals surface area (Å²) in [5.74, 6) is 0.00199. The summed E-state index contributed by atoms with van der Waals surface area (Å²) in [6, 6.07) is 13.4. The molecule has 0 amide bonds. The summed E-state index contributed by atoms with van der Waals surface area (Å²) in [5, 5.41) is 3.74. The van der Waals surface area contributed by atoms with Gasteiger partial charge in [0.05, 0.1) is 0 Å². The summed E-state index contributed by atoms with van der Waals surface area (Å²) in [5.41, 5.74) is 16.6. The smallest absolute Gasteiger partial charge is 0.283 e. The SMILES string of the molecule is Nc1c(N)n(-c2ccc(Cl)cc2)c(=S)[nH]c1=O.Nc1c(N=O)c(=O)[nH]c(=S)n1-c1ccc(Cl)cc1. The second-order valence-electron chi connectivity index (χ2n) is 6.77. The lowest BCUT2D eigenvalue weighted by atomic mass is 10.3. The van der Waals surface area contributed by atoms with E-state index in [-0.39, 0.29) is 26.9 Å². The van der Waals surface area contributed by atoms with Crippen molar-refractivity contribution in [2.45, 2.75) is 0 Å². The van der Waals surface area contributed by atoms with Crippen LogP contribution in [-0.2, 0) is 0 Å². The number of halogens is 2. The maximum atomic E-state index is 11.4. The van der Waals surface area contributed by atoms with Crippen molar-refractivity contribution in [1.29, 1.82) is 0 Å². The maximum absolute atomic E-state index is 11.4. The zero-order valence-electron chi connectivity index (χ0n) is 17.5. The molecule has 35 heavy (non-hydrogen) atoms. The van der Waals surface area contributed by atoms with Crippen molar-refractivity contribution in [2.24, 2.45) is 5.18 Å². The molecule has 4 rings (SSSR count). The summed E-state index contributed by atoms with van der Waals surface area (Å²) in [7, 11) is 0. The number of aromatic nitrogens is 4. The Labute approximate surface area is 216 Å². The maximum Gasteiger partial charge on any atom is 0.283 e. The van der Waals surface area contributed by atoms with Gasteiger partial charge in [0.2, 0.25) is 5.69 Å². The minimum absolute atomic E-state index is 0.0615. The fraction of sp³-hybridized carbons (Fsp3) is 0. The number of rotatable bonds is 3. The highest BCUT2D eigenvalue weighted by Crippen LogP contribution is 2.22. The molecule has 0 aliphatic heterocycles. The Morgan fingerprint density at radius 2 is 1.11 bits per heavy atom. The molecule has 0 saturated carbocycles. The largest absolute Gasteiger partial charge is 0.391 e. The zero-order chi connectivity index (χ0) is 25.9. The normalized spacial score (nSPS) is 10.3. The van der Waals surface area contributed by atoms with Crippen molar-refractivity contribution < 1.29 is 0 Å². The Bertz CT molecular complexity index is 1640. The van der Waals surface area contributed by atoms with E-state index >= 15 is 0 Å². The molecule has 0 unspecified atom stereocenters. The number of hydrogen-bond donors (Lipinski definition) is 5. The Kier molecular flexibility index (Phi) is 7.86. The van der Waals surface area contributed by atoms with Gasteiger partial charge in [-0.2, -0.15) is 0 Å². The van der Waals surface area contributed by atoms with Crippen molar-refractivity contribution >= 4 is 70.6 Å². The highest BCUT2D eigenvalue weighted by atomic mass is 35.5. The highest BCUT2D eigenvalue weighted by Gasteiger charge is 2.12. The van der Waals surface area contributed by atoms with Crippen molar-refractivity contribution in [3.8, 4) is 11.4 Å². The Hall–Kier alpha value is -3.78. The van der Waals surface area contributed by atoms with Gasteiger partial charge in [-0.3, -0.25) is 28.7 Å². The molecule has 0 spiro atoms. The monoisotopic (exact) mass is 550 g/mol. The third-order valence-electron chi connectivity index (χ3n) is 4.57. The van der Waals surface area contributed by atoms with E-state index in [9.17, 15) is 14.5 Å². The number of nitroso groups, excluding NO2 is 1. The van der Waals surface area contributed by atoms with Gasteiger partial charge in [0.1, 0.15) is 17.3 Å². The van der Waals surface area contributed by atoms with Crippen LogP contribution in [0.1, 0.15) is 0 Å². The van der Waals surface area contributed by atoms with Gasteiger partial charge in [-0.15, -0.1) is 4.91 Å². The minimum atomic E-state index is -0.710. The van der Waals surface area contributed by atoms with Gasteiger partial charge < -0.3 is 17.2 Å². The number of nitrogens with two attached hydrogens (primary N) is 3. The Morgan fingerprint density at radius 1 is 0.714 bits per heavy atom. The second kappa shape index (κ2) is 10.7. The number of nitrogens with zero attached hydrogens (tertiary/aromatic N) is 3. The van der Waals surface area contributed by atoms with Crippen molar-refractivity contribution in [3.05, 3.63) is 93.7 Å². The third kappa shape index (κ3) is 5.49. The molecular weight excluding hydrogens is 535 g/mol. The van der Waals surface area contributed by atoms with Gasteiger partial charge in [0.25, 0.3) is 11.1 Å². The van der Waals surface area contributed by atoms with Crippen LogP contribution in [0.4, 0.5) is 23.0 Å². The summed E-state index contributed by atoms with van der Waals surface area (Å²) >= 11 is 21.6. The fourth-order valence-electron chi connectivity index (χ4n) is 2.89. The van der Waals surface area contributed by atoms with Crippen LogP contribution in [-0.4, -0.2) is 19.1 Å². The summed E-state index contributed by atoms with van der Waals surface area (Å²) in [4.78, 5) is 38.1. The topological polar surface area (TPSA) is 183 Å². The average molecular weight is 551 g/mol. The van der Waals surface area contributed by atoms with Crippen molar-refractivity contribution in [2.75, 3.05) is 17.2 Å². The van der Waals surface area contributed by atoms with Crippen LogP contribution < -0.4 is 28.3 Å². The predicted octanol–water partition coefficient (Wildman–Crippen LogP) is 4.24. The number of aromatic amines is 2. The highest BCUT2D eigenvalue weighted by molar-refractivity contribution is 7.71. The third-order valence-corrected chi connectivity index (χ3v) is 5.64. The molecule has 0 aliphatic rings. The van der Waals surface area contributed by atoms with Crippen LogP contribution in [0, 0.1) is 14.4 Å². The van der Waals surface area contributed by atoms with Crippen LogP contribution in [0.15, 0.2) is 63.3 Å². The van der Waals surface area contributed by atoms with Gasteiger partial charge in [-0.1, -0.05) is 23.2 Å². The first kappa shape index (κ1) is 25.8. The molecule has 0 bridgehead atoms. The summed E-state index contributed by atoms with van der Waals surface area (Å²) in [6.45, 7) is 0. The van der Waals surface area contributed by atoms with Crippen molar-refractivity contribution in [3.63, 3.8) is 0 Å². The molecular formula is C20H16Cl2N8O3S2. The van der Waals surface area contributed by atoms with Crippen molar-refractivity contribution in [1.82, 2.24) is 19.1 Å². The number of H-pyrrole nitrogens is 2. The number of anilines is 3. The Balaban J connectivity index is 0.000000196. The van der Waals surface area contributed by atoms with Crippen LogP contribution in [0.5, 0.6) is 0 Å². The van der Waals surface area contributed by atoms with Crippen LogP contribution in [0.2, 0.25) is 10.0 Å². The van der Waals surface area contributed by atoms with E-state index in [4.69, 9.17) is 64.8 Å². The first-order valence-electron chi connectivity index (χ1n) is 9.45. The zero-order valence-corrected chi connectivity index (χ0v) is 20.6. The first-order valence-corrected chi connectivity index (χ1v) is 11.0. The van der Waals surface area contributed by atoms with E-state index in [0.29, 0.717) is 21.4 Å². The molecule has 0 radical (unpaired) electrons. The van der Waals surface area contributed by atoms with Crippen LogP contribution in [0.25, 0.3) is 11.4 Å². The first-order chi connectivity index (χ1) is 16.5. The van der Waals surface area contributed by atoms with Gasteiger partial charge in [-0.25, -0.2) is 0 Å². The number of benzene rings is 2. The molecule has 2 heterocycles. The van der Waals surface area contributed by atoms with Gasteiger partial charge in [0.15, 0.2) is 9.54 Å². The van der Waals surface area contributed by atoms with E-state index in [1.165, 1.54) is 9.13 Å². The quantitative estimate of drug-likeness (QED) is 0.185. The van der Waals surface area contributed by atoms with Gasteiger partial charge in [0, 0.05) is 21.4 Å². The molecule has 0 aliphatic carbocycles. The van der Waals surface area contributed by atoms with E-state index in [1.54, 1.807) is 48.5 Å². The molecule has 0 fully saturated rings. The second-order valence-corrected chi connectivity index (χ2v) is 8.41. The molecule has 4 aromatic rings. The van der Waals surface area contributed by atoms with Crippen LogP contribution >= 0.6 is 47.6 Å². The molecule has 2 aromatic carbocycles. The van der Waals surface area contributed by atoms with E-state index in [1.807, 2.05) is 0 Å². The lowest BCUT2D eigenvalue weighted by Gasteiger charge is -2.11. The molecule has 11 nitrogen and oxygen atoms in total. The lowest BCUT2D eigenvalue weighted by molar-refractivity contribution is 0.949. The fourth-order valence-corrected chi connectivity index (χ4v) is 3.74. The van der Waals surface area contributed by atoms with Gasteiger partial charge in [-0.05, 0) is 78.1 Å². The van der Waals surface area contributed by atoms with E-state index in [2.05, 4.69) is 15.1 Å². The molecule has 2 aromatic heterocycles. The van der Waals surface area contributed by atoms with E-state index < -0.39 is 16.8 Å². The summed E-state index contributed by atoms with van der Waals surface area (Å²) in [6.07, 6.45) is 0. The molecule has 0 saturated heterocycles. The Morgan fingerprint density at radius 3 is 1.54 bits per heavy atom. The number of hydrogen-bond acceptors (Lipinski definition) is 9. The predicted molar refractivity (Wildman–Crippen MR) is 143 cm³/mol. The lowest BCUT2D eigenvalue weighted by Crippen LogP contribution is -2.20.